The number of anilines is 1. The Balaban J connectivity index is 1.77. The largest absolute Gasteiger partial charge is 0.324 e. The van der Waals surface area contributed by atoms with Gasteiger partial charge in [0.1, 0.15) is 0 Å². The standard InChI is InChI=1S/C18H13N3O4S2/c1-11(22)17-16(12-5-3-2-4-6-12)20-18(27-17)19-14(23)9-7-13-8-10-15(26-13)21(24)25/h2-10H,1H3,(H,19,20,23). The number of carbonyl (C=O) groups is 2. The molecule has 9 heteroatoms. The number of amides is 1. The predicted molar refractivity (Wildman–Crippen MR) is 106 cm³/mol. The maximum atomic E-state index is 12.1. The third-order valence-corrected chi connectivity index (χ3v) is 5.49. The molecule has 0 fully saturated rings. The van der Waals surface area contributed by atoms with Crippen molar-refractivity contribution in [2.24, 2.45) is 0 Å². The van der Waals surface area contributed by atoms with Crippen molar-refractivity contribution < 1.29 is 14.5 Å². The van der Waals surface area contributed by atoms with Gasteiger partial charge < -0.3 is 0 Å². The van der Waals surface area contributed by atoms with Gasteiger partial charge in [-0.05, 0) is 12.1 Å². The molecule has 1 N–H and O–H groups in total. The van der Waals surface area contributed by atoms with E-state index in [0.29, 0.717) is 20.6 Å². The Labute approximate surface area is 162 Å². The zero-order valence-corrected chi connectivity index (χ0v) is 15.7. The first kappa shape index (κ1) is 18.6. The topological polar surface area (TPSA) is 102 Å². The summed E-state index contributed by atoms with van der Waals surface area (Å²) in [6.45, 7) is 1.45. The van der Waals surface area contributed by atoms with Gasteiger partial charge >= 0.3 is 5.00 Å². The van der Waals surface area contributed by atoms with Crippen molar-refractivity contribution in [1.82, 2.24) is 4.98 Å². The molecule has 2 aromatic heterocycles. The minimum atomic E-state index is -0.480. The molecule has 0 radical (unpaired) electrons. The second kappa shape index (κ2) is 8.02. The lowest BCUT2D eigenvalue weighted by atomic mass is 10.1. The molecule has 1 amide bonds. The van der Waals surface area contributed by atoms with E-state index < -0.39 is 10.8 Å². The molecule has 7 nitrogen and oxygen atoms in total. The van der Waals surface area contributed by atoms with Crippen molar-refractivity contribution in [1.29, 1.82) is 0 Å². The second-order valence-corrected chi connectivity index (χ2v) is 7.47. The number of benzene rings is 1. The molecule has 0 saturated carbocycles. The number of nitrogens with zero attached hydrogens (tertiary/aromatic N) is 2. The van der Waals surface area contributed by atoms with Crippen LogP contribution >= 0.6 is 22.7 Å². The van der Waals surface area contributed by atoms with Crippen LogP contribution in [0.4, 0.5) is 10.1 Å². The number of rotatable bonds is 6. The average Bonchev–Trinajstić information content (AvgIpc) is 3.28. The van der Waals surface area contributed by atoms with E-state index in [4.69, 9.17) is 0 Å². The van der Waals surface area contributed by atoms with Crippen LogP contribution in [0.5, 0.6) is 0 Å². The normalized spacial score (nSPS) is 10.9. The van der Waals surface area contributed by atoms with Crippen LogP contribution in [-0.2, 0) is 4.79 Å². The Morgan fingerprint density at radius 2 is 1.89 bits per heavy atom. The van der Waals surface area contributed by atoms with E-state index in [9.17, 15) is 19.7 Å². The number of nitro groups is 1. The summed E-state index contributed by atoms with van der Waals surface area (Å²) in [4.78, 5) is 39.6. The van der Waals surface area contributed by atoms with Crippen molar-refractivity contribution in [3.63, 3.8) is 0 Å². The zero-order valence-electron chi connectivity index (χ0n) is 14.0. The summed E-state index contributed by atoms with van der Waals surface area (Å²) in [5, 5.41) is 13.6. The smallest absolute Gasteiger partial charge is 0.298 e. The van der Waals surface area contributed by atoms with E-state index in [1.807, 2.05) is 30.3 Å². The van der Waals surface area contributed by atoms with Gasteiger partial charge in [-0.15, -0.1) is 0 Å². The summed E-state index contributed by atoms with van der Waals surface area (Å²) in [5.41, 5.74) is 1.32. The summed E-state index contributed by atoms with van der Waals surface area (Å²) >= 11 is 2.08. The number of ketones is 1. The molecular weight excluding hydrogens is 386 g/mol. The van der Waals surface area contributed by atoms with Gasteiger partial charge in [0, 0.05) is 29.5 Å². The fourth-order valence-corrected chi connectivity index (χ4v) is 3.85. The Bertz CT molecular complexity index is 1040. The van der Waals surface area contributed by atoms with Crippen LogP contribution in [0.1, 0.15) is 21.5 Å². The highest BCUT2D eigenvalue weighted by atomic mass is 32.1. The summed E-state index contributed by atoms with van der Waals surface area (Å²) in [6.07, 6.45) is 2.76. The lowest BCUT2D eigenvalue weighted by Gasteiger charge is -1.98. The molecule has 136 valence electrons. The third kappa shape index (κ3) is 4.52. The molecule has 0 bridgehead atoms. The highest BCUT2D eigenvalue weighted by Crippen LogP contribution is 2.31. The van der Waals surface area contributed by atoms with Gasteiger partial charge in [-0.1, -0.05) is 53.0 Å². The van der Waals surface area contributed by atoms with Crippen molar-refractivity contribution in [2.75, 3.05) is 5.32 Å². The highest BCUT2D eigenvalue weighted by Gasteiger charge is 2.17. The van der Waals surface area contributed by atoms with Crippen LogP contribution in [0, 0.1) is 10.1 Å². The van der Waals surface area contributed by atoms with Crippen LogP contribution in [0.2, 0.25) is 0 Å². The molecule has 0 aliphatic rings. The van der Waals surface area contributed by atoms with E-state index in [-0.39, 0.29) is 10.8 Å². The molecule has 3 rings (SSSR count). The average molecular weight is 399 g/mol. The lowest BCUT2D eigenvalue weighted by molar-refractivity contribution is -0.380. The second-order valence-electron chi connectivity index (χ2n) is 5.37. The Morgan fingerprint density at radius 3 is 2.52 bits per heavy atom. The lowest BCUT2D eigenvalue weighted by Crippen LogP contribution is -2.07. The number of hydrogen-bond donors (Lipinski definition) is 1. The zero-order chi connectivity index (χ0) is 19.4. The number of thiophene rings is 1. The SMILES string of the molecule is CC(=O)c1sc(NC(=O)C=Cc2ccc([N+](=O)[O-])s2)nc1-c1ccccc1. The summed E-state index contributed by atoms with van der Waals surface area (Å²) in [7, 11) is 0. The molecule has 2 heterocycles. The third-order valence-electron chi connectivity index (χ3n) is 3.42. The molecule has 0 spiro atoms. The van der Waals surface area contributed by atoms with E-state index >= 15 is 0 Å². The van der Waals surface area contributed by atoms with Gasteiger partial charge in [-0.3, -0.25) is 25.0 Å². The summed E-state index contributed by atoms with van der Waals surface area (Å²) in [5.74, 6) is -0.567. The van der Waals surface area contributed by atoms with Crippen molar-refractivity contribution in [3.05, 3.63) is 68.4 Å². The summed E-state index contributed by atoms with van der Waals surface area (Å²) < 4.78 is 0. The molecule has 3 aromatic rings. The Morgan fingerprint density at radius 1 is 1.15 bits per heavy atom. The molecule has 0 aliphatic heterocycles. The first-order chi connectivity index (χ1) is 12.9. The molecule has 1 aromatic carbocycles. The van der Waals surface area contributed by atoms with Crippen molar-refractivity contribution >= 4 is 50.6 Å². The quantitative estimate of drug-likeness (QED) is 0.282. The predicted octanol–water partition coefficient (Wildman–Crippen LogP) is 4.63. The number of carbonyl (C=O) groups excluding carboxylic acids is 2. The Kier molecular flexibility index (Phi) is 5.53. The first-order valence-electron chi connectivity index (χ1n) is 7.74. The number of nitrogens with one attached hydrogen (secondary N) is 1. The fourth-order valence-electron chi connectivity index (χ4n) is 2.24. The molecule has 27 heavy (non-hydrogen) atoms. The number of thiazole rings is 1. The van der Waals surface area contributed by atoms with Crippen LogP contribution in [0.25, 0.3) is 17.3 Å². The van der Waals surface area contributed by atoms with E-state index in [0.717, 1.165) is 28.2 Å². The maximum Gasteiger partial charge on any atom is 0.324 e. The molecular formula is C18H13N3O4S2. The molecule has 0 unspecified atom stereocenters. The van der Waals surface area contributed by atoms with Gasteiger partial charge in [0.05, 0.1) is 15.5 Å². The van der Waals surface area contributed by atoms with Gasteiger partial charge in [-0.25, -0.2) is 4.98 Å². The van der Waals surface area contributed by atoms with Crippen LogP contribution in [0.15, 0.2) is 48.5 Å². The van der Waals surface area contributed by atoms with Gasteiger partial charge in [-0.2, -0.15) is 0 Å². The minimum Gasteiger partial charge on any atom is -0.298 e. The number of aromatic nitrogens is 1. The van der Waals surface area contributed by atoms with Gasteiger partial charge in [0.25, 0.3) is 0 Å². The van der Waals surface area contributed by atoms with E-state index in [1.165, 1.54) is 25.1 Å². The van der Waals surface area contributed by atoms with Crippen LogP contribution in [-0.4, -0.2) is 21.6 Å². The monoisotopic (exact) mass is 399 g/mol. The Hall–Kier alpha value is -3.17. The fraction of sp³-hybridized carbons (Fsp3) is 0.0556. The molecule has 0 aliphatic carbocycles. The maximum absolute atomic E-state index is 12.1. The van der Waals surface area contributed by atoms with Crippen molar-refractivity contribution in [2.45, 2.75) is 6.92 Å². The van der Waals surface area contributed by atoms with E-state index in [1.54, 1.807) is 6.07 Å². The van der Waals surface area contributed by atoms with E-state index in [2.05, 4.69) is 10.3 Å². The number of hydrogen-bond acceptors (Lipinski definition) is 7. The highest BCUT2D eigenvalue weighted by molar-refractivity contribution is 7.18. The first-order valence-corrected chi connectivity index (χ1v) is 9.38. The van der Waals surface area contributed by atoms with Gasteiger partial charge in [0.2, 0.25) is 5.91 Å². The molecule has 0 saturated heterocycles. The van der Waals surface area contributed by atoms with Crippen molar-refractivity contribution in [3.8, 4) is 11.3 Å². The summed E-state index contributed by atoms with van der Waals surface area (Å²) in [6, 6.07) is 12.2. The van der Waals surface area contributed by atoms with Crippen LogP contribution in [0.3, 0.4) is 0 Å². The van der Waals surface area contributed by atoms with Gasteiger partial charge in [0.15, 0.2) is 10.9 Å². The minimum absolute atomic E-state index is 0.00795. The van der Waals surface area contributed by atoms with Crippen LogP contribution < -0.4 is 5.32 Å². The number of Topliss-reactive ketones (excluding diaryl/α,β-unsaturated/α-hetero) is 1. The molecule has 0 atom stereocenters.